The largest absolute Gasteiger partial charge is 0.480 e. The predicted molar refractivity (Wildman–Crippen MR) is 129 cm³/mol. The van der Waals surface area contributed by atoms with Crippen molar-refractivity contribution in [1.82, 2.24) is 24.8 Å². The Morgan fingerprint density at radius 3 is 2.50 bits per heavy atom. The molecule has 180 valence electrons. The number of pyridine rings is 1. The van der Waals surface area contributed by atoms with Gasteiger partial charge in [0.1, 0.15) is 5.03 Å². The molecule has 2 aliphatic heterocycles. The van der Waals surface area contributed by atoms with Crippen LogP contribution in [-0.4, -0.2) is 83.2 Å². The number of hydrogen-bond acceptors (Lipinski definition) is 8. The molecule has 0 bridgehead atoms. The van der Waals surface area contributed by atoms with Gasteiger partial charge in [-0.15, -0.1) is 11.8 Å². The smallest absolute Gasteiger partial charge is 0.319 e. The number of piperidine rings is 1. The van der Waals surface area contributed by atoms with Gasteiger partial charge in [0.05, 0.1) is 25.3 Å². The van der Waals surface area contributed by atoms with E-state index in [-0.39, 0.29) is 23.2 Å². The van der Waals surface area contributed by atoms with Gasteiger partial charge in [0.15, 0.2) is 0 Å². The number of likely N-dealkylation sites (tertiary alicyclic amines) is 2. The third-order valence-corrected chi connectivity index (χ3v) is 7.31. The third kappa shape index (κ3) is 5.01. The molecule has 2 fully saturated rings. The summed E-state index contributed by atoms with van der Waals surface area (Å²) in [6.07, 6.45) is 11.2. The molecule has 0 unspecified atom stereocenters. The number of rotatable bonds is 6. The maximum atomic E-state index is 13.0. The molecule has 0 aliphatic carbocycles. The zero-order chi connectivity index (χ0) is 24.1. The number of carbonyl (C=O) groups excluding carboxylic acids is 2. The predicted octanol–water partition coefficient (Wildman–Crippen LogP) is 2.78. The number of amides is 2. The van der Waals surface area contributed by atoms with Crippen LogP contribution in [0.2, 0.25) is 0 Å². The summed E-state index contributed by atoms with van der Waals surface area (Å²) >= 11 is 1.49. The van der Waals surface area contributed by atoms with Gasteiger partial charge in [-0.05, 0) is 49.1 Å². The molecule has 0 N–H and O–H groups in total. The Balaban J connectivity index is 1.35. The maximum absolute atomic E-state index is 13.0. The fourth-order valence-corrected chi connectivity index (χ4v) is 5.15. The highest BCUT2D eigenvalue weighted by Crippen LogP contribution is 2.41. The van der Waals surface area contributed by atoms with Crippen molar-refractivity contribution in [2.45, 2.75) is 24.3 Å². The monoisotopic (exact) mass is 483 g/mol. The average molecular weight is 484 g/mol. The standard InChI is InChI=1S/C24H29N5O4S/c1-32-20-17(15-26-23(27-20)33-2)6-7-19(30)29-14-10-24(16-29)8-12-28(13-9-24)22(31)18-5-4-11-25-21(18)34-3/h4-7,11,15H,8-10,12-14,16H2,1-3H3. The lowest BCUT2D eigenvalue weighted by Crippen LogP contribution is -2.44. The molecule has 34 heavy (non-hydrogen) atoms. The van der Waals surface area contributed by atoms with Gasteiger partial charge < -0.3 is 19.3 Å². The number of hydrogen-bond donors (Lipinski definition) is 0. The van der Waals surface area contributed by atoms with Gasteiger partial charge in [-0.3, -0.25) is 9.59 Å². The molecule has 1 spiro atoms. The molecule has 0 saturated carbocycles. The molecule has 2 saturated heterocycles. The minimum atomic E-state index is -0.0479. The van der Waals surface area contributed by atoms with E-state index < -0.39 is 0 Å². The molecule has 0 aromatic carbocycles. The Labute approximate surface area is 203 Å². The summed E-state index contributed by atoms with van der Waals surface area (Å²) in [7, 11) is 3.00. The number of aromatic nitrogens is 3. The zero-order valence-corrected chi connectivity index (χ0v) is 20.5. The first-order chi connectivity index (χ1) is 16.5. The minimum absolute atomic E-state index is 0.0387. The molecule has 9 nitrogen and oxygen atoms in total. The average Bonchev–Trinajstić information content (AvgIpc) is 3.30. The van der Waals surface area contributed by atoms with Gasteiger partial charge in [-0.25, -0.2) is 9.97 Å². The van der Waals surface area contributed by atoms with Crippen LogP contribution >= 0.6 is 11.8 Å². The summed E-state index contributed by atoms with van der Waals surface area (Å²) in [5, 5.41) is 0.760. The van der Waals surface area contributed by atoms with Crippen LogP contribution in [-0.2, 0) is 4.79 Å². The van der Waals surface area contributed by atoms with E-state index in [2.05, 4.69) is 15.0 Å². The fraction of sp³-hybridized carbons (Fsp3) is 0.458. The molecule has 4 rings (SSSR count). The minimum Gasteiger partial charge on any atom is -0.480 e. The van der Waals surface area contributed by atoms with Crippen molar-refractivity contribution < 1.29 is 19.1 Å². The molecular formula is C24H29N5O4S. The van der Waals surface area contributed by atoms with Crippen LogP contribution in [0.3, 0.4) is 0 Å². The Hall–Kier alpha value is -3.14. The van der Waals surface area contributed by atoms with Gasteiger partial charge in [0, 0.05) is 44.6 Å². The van der Waals surface area contributed by atoms with Crippen LogP contribution < -0.4 is 9.47 Å². The van der Waals surface area contributed by atoms with Gasteiger partial charge in [0.25, 0.3) is 5.91 Å². The molecule has 2 amide bonds. The first-order valence-electron chi connectivity index (χ1n) is 11.2. The Kier molecular flexibility index (Phi) is 7.35. The summed E-state index contributed by atoms with van der Waals surface area (Å²) in [5.41, 5.74) is 1.34. The van der Waals surface area contributed by atoms with E-state index in [0.717, 1.165) is 24.3 Å². The van der Waals surface area contributed by atoms with Crippen molar-refractivity contribution in [2.24, 2.45) is 5.41 Å². The van der Waals surface area contributed by atoms with Crippen molar-refractivity contribution >= 4 is 29.7 Å². The van der Waals surface area contributed by atoms with Crippen molar-refractivity contribution in [2.75, 3.05) is 46.7 Å². The van der Waals surface area contributed by atoms with E-state index in [1.54, 1.807) is 24.5 Å². The Bertz CT molecular complexity index is 1080. The second kappa shape index (κ2) is 10.4. The second-order valence-electron chi connectivity index (χ2n) is 8.52. The number of carbonyl (C=O) groups is 2. The Morgan fingerprint density at radius 1 is 1.09 bits per heavy atom. The van der Waals surface area contributed by atoms with Gasteiger partial charge in [-0.2, -0.15) is 4.98 Å². The van der Waals surface area contributed by atoms with E-state index in [9.17, 15) is 9.59 Å². The van der Waals surface area contributed by atoms with E-state index in [0.29, 0.717) is 43.2 Å². The number of nitrogens with zero attached hydrogens (tertiary/aromatic N) is 5. The second-order valence-corrected chi connectivity index (χ2v) is 9.31. The van der Waals surface area contributed by atoms with Crippen LogP contribution in [0.4, 0.5) is 0 Å². The van der Waals surface area contributed by atoms with Crippen molar-refractivity contribution in [3.63, 3.8) is 0 Å². The first-order valence-corrected chi connectivity index (χ1v) is 12.4. The summed E-state index contributed by atoms with van der Waals surface area (Å²) < 4.78 is 10.3. The van der Waals surface area contributed by atoms with Crippen LogP contribution in [0.25, 0.3) is 6.08 Å². The lowest BCUT2D eigenvalue weighted by atomic mass is 9.77. The zero-order valence-electron chi connectivity index (χ0n) is 19.7. The molecular weight excluding hydrogens is 454 g/mol. The van der Waals surface area contributed by atoms with E-state index >= 15 is 0 Å². The quantitative estimate of drug-likeness (QED) is 0.457. The molecule has 10 heteroatoms. The molecule has 2 aliphatic rings. The van der Waals surface area contributed by atoms with Crippen molar-refractivity contribution in [3.05, 3.63) is 41.7 Å². The van der Waals surface area contributed by atoms with Gasteiger partial charge in [-0.1, -0.05) is 0 Å². The van der Waals surface area contributed by atoms with Crippen LogP contribution in [0.1, 0.15) is 35.2 Å². The van der Waals surface area contributed by atoms with E-state index in [1.807, 2.05) is 22.1 Å². The third-order valence-electron chi connectivity index (χ3n) is 6.60. The summed E-state index contributed by atoms with van der Waals surface area (Å²) in [6, 6.07) is 3.86. The lowest BCUT2D eigenvalue weighted by Gasteiger charge is -2.39. The van der Waals surface area contributed by atoms with Crippen molar-refractivity contribution in [3.8, 4) is 11.9 Å². The first kappa shape index (κ1) is 24.0. The molecule has 2 aromatic rings. The lowest BCUT2D eigenvalue weighted by molar-refractivity contribution is -0.125. The molecule has 0 atom stereocenters. The normalized spacial score (nSPS) is 17.4. The van der Waals surface area contributed by atoms with E-state index in [1.165, 1.54) is 32.1 Å². The van der Waals surface area contributed by atoms with Crippen LogP contribution in [0, 0.1) is 5.41 Å². The van der Waals surface area contributed by atoms with Crippen molar-refractivity contribution in [1.29, 1.82) is 0 Å². The summed E-state index contributed by atoms with van der Waals surface area (Å²) in [6.45, 7) is 2.81. The van der Waals surface area contributed by atoms with Gasteiger partial charge >= 0.3 is 6.01 Å². The highest BCUT2D eigenvalue weighted by molar-refractivity contribution is 7.98. The highest BCUT2D eigenvalue weighted by Gasteiger charge is 2.42. The fourth-order valence-electron chi connectivity index (χ4n) is 4.60. The van der Waals surface area contributed by atoms with E-state index in [4.69, 9.17) is 9.47 Å². The molecule has 4 heterocycles. The Morgan fingerprint density at radius 2 is 1.82 bits per heavy atom. The number of methoxy groups -OCH3 is 2. The maximum Gasteiger partial charge on any atom is 0.319 e. The summed E-state index contributed by atoms with van der Waals surface area (Å²) in [5.74, 6) is 0.342. The van der Waals surface area contributed by atoms with Crippen LogP contribution in [0.5, 0.6) is 11.9 Å². The van der Waals surface area contributed by atoms with Gasteiger partial charge in [0.2, 0.25) is 11.8 Å². The van der Waals surface area contributed by atoms with Crippen LogP contribution in [0.15, 0.2) is 35.6 Å². The number of thioether (sulfide) groups is 1. The molecule has 2 aromatic heterocycles. The summed E-state index contributed by atoms with van der Waals surface area (Å²) in [4.78, 5) is 42.2. The highest BCUT2D eigenvalue weighted by atomic mass is 32.2. The molecule has 0 radical (unpaired) electrons. The number of ether oxygens (including phenoxy) is 2. The topological polar surface area (TPSA) is 97.8 Å². The SMILES string of the molecule is COc1ncc(C=CC(=O)N2CCC3(CCN(C(=O)c4cccnc4SC)CC3)C2)c(OC)n1.